The molecule has 1 aliphatic rings. The number of likely N-dealkylation sites (N-methyl/N-ethyl adjacent to an activating group) is 1. The monoisotopic (exact) mass is 270 g/mol. The lowest BCUT2D eigenvalue weighted by Crippen LogP contribution is -2.40. The van der Waals surface area contributed by atoms with E-state index in [1.165, 1.54) is 25.8 Å². The molecular formula is C16H22N4. The Balaban J connectivity index is 1.79. The van der Waals surface area contributed by atoms with Gasteiger partial charge in [0.2, 0.25) is 0 Å². The summed E-state index contributed by atoms with van der Waals surface area (Å²) in [5.74, 6) is 0. The molecule has 2 aromatic rings. The average Bonchev–Trinajstić information content (AvgIpc) is 2.47. The zero-order valence-electron chi connectivity index (χ0n) is 12.0. The summed E-state index contributed by atoms with van der Waals surface area (Å²) >= 11 is 0. The first-order chi connectivity index (χ1) is 9.75. The highest BCUT2D eigenvalue weighted by Gasteiger charge is 2.18. The Morgan fingerprint density at radius 2 is 2.25 bits per heavy atom. The number of hydrogen-bond donors (Lipinski definition) is 2. The second kappa shape index (κ2) is 5.67. The van der Waals surface area contributed by atoms with Gasteiger partial charge in [-0.3, -0.25) is 4.98 Å². The highest BCUT2D eigenvalue weighted by Crippen LogP contribution is 2.26. The Bertz CT molecular complexity index is 596. The Kier molecular flexibility index (Phi) is 3.74. The van der Waals surface area contributed by atoms with Crippen LogP contribution in [0.3, 0.4) is 0 Å². The fourth-order valence-electron chi connectivity index (χ4n) is 2.98. The minimum atomic E-state index is 0.619. The van der Waals surface area contributed by atoms with Crippen molar-refractivity contribution in [2.75, 3.05) is 31.2 Å². The lowest BCUT2D eigenvalue weighted by Gasteiger charge is -2.32. The number of aromatic nitrogens is 1. The molecule has 1 unspecified atom stereocenters. The third-order valence-electron chi connectivity index (χ3n) is 4.25. The molecular weight excluding hydrogens is 248 g/mol. The van der Waals surface area contributed by atoms with Crippen molar-refractivity contribution in [3.63, 3.8) is 0 Å². The average molecular weight is 270 g/mol. The number of benzene rings is 1. The number of nitrogens with two attached hydrogens (primary N) is 1. The van der Waals surface area contributed by atoms with Gasteiger partial charge in [-0.2, -0.15) is 0 Å². The van der Waals surface area contributed by atoms with Crippen LogP contribution in [-0.4, -0.2) is 36.1 Å². The Morgan fingerprint density at radius 1 is 1.35 bits per heavy atom. The van der Waals surface area contributed by atoms with E-state index in [2.05, 4.69) is 28.3 Å². The van der Waals surface area contributed by atoms with Crippen molar-refractivity contribution in [1.29, 1.82) is 0 Å². The molecule has 20 heavy (non-hydrogen) atoms. The molecule has 3 N–H and O–H groups in total. The number of nitrogens with zero attached hydrogens (tertiary/aromatic N) is 2. The third kappa shape index (κ3) is 2.56. The van der Waals surface area contributed by atoms with Crippen molar-refractivity contribution in [2.45, 2.75) is 25.3 Å². The van der Waals surface area contributed by atoms with Crippen LogP contribution in [0.15, 0.2) is 30.5 Å². The van der Waals surface area contributed by atoms with Gasteiger partial charge in [0.15, 0.2) is 0 Å². The van der Waals surface area contributed by atoms with Gasteiger partial charge >= 0.3 is 0 Å². The number of fused-ring (bicyclic) bond motifs is 1. The first-order valence-electron chi connectivity index (χ1n) is 7.33. The van der Waals surface area contributed by atoms with Gasteiger partial charge in [0.25, 0.3) is 0 Å². The normalized spacial score (nSPS) is 20.1. The maximum Gasteiger partial charge on any atom is 0.0951 e. The smallest absolute Gasteiger partial charge is 0.0951 e. The summed E-state index contributed by atoms with van der Waals surface area (Å²) in [6.45, 7) is 2.18. The van der Waals surface area contributed by atoms with Crippen LogP contribution in [0.4, 0.5) is 11.4 Å². The van der Waals surface area contributed by atoms with Crippen molar-refractivity contribution in [1.82, 2.24) is 9.88 Å². The molecule has 0 radical (unpaired) electrons. The van der Waals surface area contributed by atoms with Crippen LogP contribution in [0.2, 0.25) is 0 Å². The van der Waals surface area contributed by atoms with Crippen molar-refractivity contribution in [3.05, 3.63) is 30.5 Å². The molecule has 0 spiro atoms. The van der Waals surface area contributed by atoms with Crippen LogP contribution in [0, 0.1) is 0 Å². The fourth-order valence-corrected chi connectivity index (χ4v) is 2.98. The van der Waals surface area contributed by atoms with Crippen LogP contribution in [0.25, 0.3) is 10.9 Å². The van der Waals surface area contributed by atoms with Crippen LogP contribution in [0.5, 0.6) is 0 Å². The number of hydrogen-bond acceptors (Lipinski definition) is 4. The van der Waals surface area contributed by atoms with Gasteiger partial charge in [-0.15, -0.1) is 0 Å². The summed E-state index contributed by atoms with van der Waals surface area (Å²) < 4.78 is 0. The molecule has 1 atom stereocenters. The van der Waals surface area contributed by atoms with E-state index < -0.39 is 0 Å². The largest absolute Gasteiger partial charge is 0.397 e. The van der Waals surface area contributed by atoms with E-state index in [-0.39, 0.29) is 0 Å². The Morgan fingerprint density at radius 3 is 3.10 bits per heavy atom. The lowest BCUT2D eigenvalue weighted by molar-refractivity contribution is 0.195. The fraction of sp³-hybridized carbons (Fsp3) is 0.438. The molecule has 106 valence electrons. The number of likely N-dealkylation sites (tertiary alicyclic amines) is 1. The van der Waals surface area contributed by atoms with E-state index in [1.54, 1.807) is 0 Å². The minimum Gasteiger partial charge on any atom is -0.397 e. The van der Waals surface area contributed by atoms with Gasteiger partial charge in [0.1, 0.15) is 0 Å². The van der Waals surface area contributed by atoms with E-state index in [1.807, 2.05) is 24.4 Å². The molecule has 1 fully saturated rings. The third-order valence-corrected chi connectivity index (χ3v) is 4.25. The van der Waals surface area contributed by atoms with E-state index in [0.29, 0.717) is 6.04 Å². The zero-order chi connectivity index (χ0) is 13.9. The maximum absolute atomic E-state index is 5.99. The Labute approximate surface area is 120 Å². The van der Waals surface area contributed by atoms with Crippen molar-refractivity contribution in [3.8, 4) is 0 Å². The number of anilines is 2. The molecule has 0 bridgehead atoms. The molecule has 1 aromatic heterocycles. The summed E-state index contributed by atoms with van der Waals surface area (Å²) in [5, 5.41) is 4.68. The number of rotatable bonds is 3. The van der Waals surface area contributed by atoms with Crippen LogP contribution < -0.4 is 11.1 Å². The van der Waals surface area contributed by atoms with Crippen molar-refractivity contribution in [2.24, 2.45) is 0 Å². The van der Waals surface area contributed by atoms with Gasteiger partial charge in [0, 0.05) is 29.9 Å². The number of nitrogens with one attached hydrogen (secondary N) is 1. The lowest BCUT2D eigenvalue weighted by atomic mass is 10.0. The second-order valence-corrected chi connectivity index (χ2v) is 5.61. The number of para-hydroxylation sites is 1. The number of piperidine rings is 1. The molecule has 0 aliphatic carbocycles. The molecule has 3 rings (SSSR count). The summed E-state index contributed by atoms with van der Waals surface area (Å²) in [6.07, 6.45) is 5.75. The van der Waals surface area contributed by atoms with Crippen LogP contribution in [0.1, 0.15) is 19.3 Å². The first kappa shape index (κ1) is 13.2. The molecule has 1 aromatic carbocycles. The van der Waals surface area contributed by atoms with Gasteiger partial charge in [0.05, 0.1) is 11.2 Å². The van der Waals surface area contributed by atoms with Gasteiger partial charge in [-0.25, -0.2) is 0 Å². The van der Waals surface area contributed by atoms with E-state index in [9.17, 15) is 0 Å². The summed E-state index contributed by atoms with van der Waals surface area (Å²) in [4.78, 5) is 6.83. The van der Waals surface area contributed by atoms with Crippen molar-refractivity contribution < 1.29 is 0 Å². The molecule has 0 amide bonds. The van der Waals surface area contributed by atoms with E-state index in [0.717, 1.165) is 28.8 Å². The predicted octanol–water partition coefficient (Wildman–Crippen LogP) is 2.71. The van der Waals surface area contributed by atoms with E-state index in [4.69, 9.17) is 5.73 Å². The van der Waals surface area contributed by atoms with Crippen LogP contribution >= 0.6 is 0 Å². The predicted molar refractivity (Wildman–Crippen MR) is 84.9 cm³/mol. The molecule has 1 aliphatic heterocycles. The SMILES string of the molecule is CN1CCCCC1CNc1ccnc2c(N)cccc12. The number of nitrogen functional groups attached to an aromatic ring is 1. The first-order valence-corrected chi connectivity index (χ1v) is 7.33. The maximum atomic E-state index is 5.99. The molecule has 4 heteroatoms. The Hall–Kier alpha value is -1.81. The highest BCUT2D eigenvalue weighted by atomic mass is 15.2. The second-order valence-electron chi connectivity index (χ2n) is 5.61. The van der Waals surface area contributed by atoms with Gasteiger partial charge in [-0.1, -0.05) is 18.6 Å². The summed E-state index contributed by atoms with van der Waals surface area (Å²) in [5.41, 5.74) is 8.73. The number of pyridine rings is 1. The van der Waals surface area contributed by atoms with E-state index >= 15 is 0 Å². The molecule has 0 saturated carbocycles. The summed E-state index contributed by atoms with van der Waals surface area (Å²) in [6, 6.07) is 8.61. The molecule has 4 nitrogen and oxygen atoms in total. The topological polar surface area (TPSA) is 54.2 Å². The van der Waals surface area contributed by atoms with Gasteiger partial charge in [-0.05, 0) is 38.6 Å². The van der Waals surface area contributed by atoms with Crippen LogP contribution in [-0.2, 0) is 0 Å². The summed E-state index contributed by atoms with van der Waals surface area (Å²) in [7, 11) is 2.22. The van der Waals surface area contributed by atoms with Gasteiger partial charge < -0.3 is 16.0 Å². The zero-order valence-corrected chi connectivity index (χ0v) is 12.0. The minimum absolute atomic E-state index is 0.619. The quantitative estimate of drug-likeness (QED) is 0.842. The molecule has 1 saturated heterocycles. The van der Waals surface area contributed by atoms with Crippen molar-refractivity contribution >= 4 is 22.3 Å². The highest BCUT2D eigenvalue weighted by molar-refractivity contribution is 5.97. The standard InChI is InChI=1S/C16H22N4/c1-20-10-3-2-5-12(20)11-19-15-8-9-18-16-13(15)6-4-7-14(16)17/h4,6-9,12H,2-3,5,10-11,17H2,1H3,(H,18,19). The molecule has 2 heterocycles.